The summed E-state index contributed by atoms with van der Waals surface area (Å²) >= 11 is 0. The first-order valence-corrected chi connectivity index (χ1v) is 9.96. The van der Waals surface area contributed by atoms with E-state index in [1.807, 2.05) is 72.8 Å². The molecule has 0 unspecified atom stereocenters. The molecular formula is C25H29N2O2+. The highest BCUT2D eigenvalue weighted by molar-refractivity contribution is 6.15. The Hall–Kier alpha value is -2.98. The molecule has 0 atom stereocenters. The first kappa shape index (κ1) is 20.7. The number of piperidine rings is 1. The van der Waals surface area contributed by atoms with E-state index < -0.39 is 0 Å². The van der Waals surface area contributed by atoms with Crippen molar-refractivity contribution in [2.45, 2.75) is 6.42 Å². The number of ketones is 1. The van der Waals surface area contributed by atoms with Crippen LogP contribution in [0.4, 0.5) is 0 Å². The Morgan fingerprint density at radius 3 is 1.72 bits per heavy atom. The lowest BCUT2D eigenvalue weighted by Gasteiger charge is -2.31. The largest absolute Gasteiger partial charge is 0.334 e. The quantitative estimate of drug-likeness (QED) is 0.578. The number of benzene rings is 2. The molecule has 0 aromatic heterocycles. The van der Waals surface area contributed by atoms with Crippen LogP contribution >= 0.6 is 0 Å². The summed E-state index contributed by atoms with van der Waals surface area (Å²) in [6, 6.07) is 19.6. The van der Waals surface area contributed by atoms with Gasteiger partial charge in [0.2, 0.25) is 5.91 Å². The van der Waals surface area contributed by atoms with Crippen molar-refractivity contribution in [3.8, 4) is 0 Å². The van der Waals surface area contributed by atoms with E-state index in [-0.39, 0.29) is 11.7 Å². The molecule has 1 aliphatic heterocycles. The summed E-state index contributed by atoms with van der Waals surface area (Å²) in [7, 11) is 6.23. The molecule has 1 saturated heterocycles. The molecule has 1 aliphatic rings. The molecule has 0 bridgehead atoms. The van der Waals surface area contributed by atoms with Crippen LogP contribution in [0, 0.1) is 0 Å². The minimum absolute atomic E-state index is 0.0216. The van der Waals surface area contributed by atoms with Crippen molar-refractivity contribution in [1.29, 1.82) is 0 Å². The number of carbonyl (C=O) groups is 2. The fourth-order valence-electron chi connectivity index (χ4n) is 3.31. The SMILES string of the molecule is C[N+](C)(C)CCC(=O)N1C/C(=C/c2ccccc2)C(=O)/C(=C\c2ccccc2)C1. The van der Waals surface area contributed by atoms with Gasteiger partial charge in [0.25, 0.3) is 0 Å². The van der Waals surface area contributed by atoms with Gasteiger partial charge in [0.05, 0.1) is 34.1 Å². The Labute approximate surface area is 173 Å². The van der Waals surface area contributed by atoms with Gasteiger partial charge in [-0.25, -0.2) is 0 Å². The lowest BCUT2D eigenvalue weighted by atomic mass is 9.94. The van der Waals surface area contributed by atoms with Crippen molar-refractivity contribution in [2.75, 3.05) is 40.8 Å². The van der Waals surface area contributed by atoms with Crippen molar-refractivity contribution in [3.05, 3.63) is 82.9 Å². The van der Waals surface area contributed by atoms with E-state index >= 15 is 0 Å². The molecule has 0 saturated carbocycles. The van der Waals surface area contributed by atoms with Crippen LogP contribution in [0.5, 0.6) is 0 Å². The number of hydrogen-bond donors (Lipinski definition) is 0. The summed E-state index contributed by atoms with van der Waals surface area (Å²) in [5.41, 5.74) is 3.25. The molecule has 150 valence electrons. The minimum atomic E-state index is 0.0216. The third-order valence-electron chi connectivity index (χ3n) is 4.94. The number of Topliss-reactive ketones (excluding diaryl/α,β-unsaturated/α-hetero) is 1. The molecule has 4 heteroatoms. The maximum absolute atomic E-state index is 13.1. The van der Waals surface area contributed by atoms with Crippen LogP contribution in [-0.2, 0) is 9.59 Å². The van der Waals surface area contributed by atoms with E-state index in [1.54, 1.807) is 4.90 Å². The topological polar surface area (TPSA) is 37.4 Å². The molecule has 1 amide bonds. The Kier molecular flexibility index (Phi) is 6.45. The third kappa shape index (κ3) is 6.00. The number of likely N-dealkylation sites (tertiary alicyclic amines) is 1. The van der Waals surface area contributed by atoms with E-state index in [9.17, 15) is 9.59 Å². The molecule has 3 rings (SSSR count). The normalized spacial score (nSPS) is 17.8. The second kappa shape index (κ2) is 9.01. The smallest absolute Gasteiger partial charge is 0.228 e. The number of nitrogens with zero attached hydrogens (tertiary/aromatic N) is 2. The first-order valence-electron chi connectivity index (χ1n) is 9.96. The molecule has 0 radical (unpaired) electrons. The molecule has 2 aromatic carbocycles. The Balaban J connectivity index is 1.90. The van der Waals surface area contributed by atoms with Crippen LogP contribution in [0.25, 0.3) is 12.2 Å². The van der Waals surface area contributed by atoms with E-state index in [0.717, 1.165) is 22.2 Å². The Morgan fingerprint density at radius 1 is 0.862 bits per heavy atom. The van der Waals surface area contributed by atoms with Crippen molar-refractivity contribution < 1.29 is 14.1 Å². The minimum Gasteiger partial charge on any atom is -0.334 e. The van der Waals surface area contributed by atoms with E-state index in [4.69, 9.17) is 0 Å². The van der Waals surface area contributed by atoms with Gasteiger partial charge in [-0.05, 0) is 23.3 Å². The van der Waals surface area contributed by atoms with Gasteiger partial charge < -0.3 is 9.38 Å². The van der Waals surface area contributed by atoms with Crippen LogP contribution in [0.1, 0.15) is 17.5 Å². The summed E-state index contributed by atoms with van der Waals surface area (Å²) in [5, 5.41) is 0. The van der Waals surface area contributed by atoms with Crippen molar-refractivity contribution in [1.82, 2.24) is 4.90 Å². The zero-order chi connectivity index (χ0) is 20.9. The van der Waals surface area contributed by atoms with Gasteiger partial charge in [0.1, 0.15) is 0 Å². The maximum atomic E-state index is 13.1. The monoisotopic (exact) mass is 389 g/mol. The van der Waals surface area contributed by atoms with Gasteiger partial charge in [-0.1, -0.05) is 60.7 Å². The summed E-state index contributed by atoms with van der Waals surface area (Å²) in [4.78, 5) is 27.8. The standard InChI is InChI=1S/C25H29N2O2/c1-27(2,3)15-14-24(28)26-18-22(16-20-10-6-4-7-11-20)25(29)23(19-26)17-21-12-8-5-9-13-21/h4-13,16-17H,14-15,18-19H2,1-3H3/q+1/b22-16-,23-17-. The van der Waals surface area contributed by atoms with Crippen molar-refractivity contribution in [3.63, 3.8) is 0 Å². The molecule has 0 N–H and O–H groups in total. The Morgan fingerprint density at radius 2 is 1.31 bits per heavy atom. The summed E-state index contributed by atoms with van der Waals surface area (Å²) in [6.07, 6.45) is 4.27. The lowest BCUT2D eigenvalue weighted by molar-refractivity contribution is -0.869. The molecular weight excluding hydrogens is 360 g/mol. The van der Waals surface area contributed by atoms with Crippen molar-refractivity contribution in [2.24, 2.45) is 0 Å². The molecule has 1 fully saturated rings. The number of hydrogen-bond acceptors (Lipinski definition) is 2. The molecule has 0 spiro atoms. The van der Waals surface area contributed by atoms with Crippen LogP contribution in [-0.4, -0.2) is 61.9 Å². The molecule has 4 nitrogen and oxygen atoms in total. The second-order valence-electron chi connectivity index (χ2n) is 8.50. The highest BCUT2D eigenvalue weighted by Gasteiger charge is 2.29. The van der Waals surface area contributed by atoms with E-state index in [2.05, 4.69) is 21.1 Å². The number of amides is 1. The number of quaternary nitrogens is 1. The predicted octanol–water partition coefficient (Wildman–Crippen LogP) is 3.66. The zero-order valence-corrected chi connectivity index (χ0v) is 17.5. The molecule has 0 aliphatic carbocycles. The fourth-order valence-corrected chi connectivity index (χ4v) is 3.31. The van der Waals surface area contributed by atoms with Crippen molar-refractivity contribution >= 4 is 23.8 Å². The van der Waals surface area contributed by atoms with Gasteiger partial charge in [-0.3, -0.25) is 9.59 Å². The highest BCUT2D eigenvalue weighted by Crippen LogP contribution is 2.23. The number of carbonyl (C=O) groups excluding carboxylic acids is 2. The average molecular weight is 390 g/mol. The van der Waals surface area contributed by atoms with E-state index in [1.165, 1.54) is 0 Å². The maximum Gasteiger partial charge on any atom is 0.228 e. The zero-order valence-electron chi connectivity index (χ0n) is 17.5. The highest BCUT2D eigenvalue weighted by atomic mass is 16.2. The summed E-state index contributed by atoms with van der Waals surface area (Å²) in [5.74, 6) is 0.108. The fraction of sp³-hybridized carbons (Fsp3) is 0.280. The predicted molar refractivity (Wildman–Crippen MR) is 118 cm³/mol. The lowest BCUT2D eigenvalue weighted by Crippen LogP contribution is -2.44. The average Bonchev–Trinajstić information content (AvgIpc) is 2.70. The van der Waals surface area contributed by atoms with Gasteiger partial charge in [0, 0.05) is 24.2 Å². The molecule has 2 aromatic rings. The van der Waals surface area contributed by atoms with Gasteiger partial charge in [-0.2, -0.15) is 0 Å². The number of rotatable bonds is 5. The van der Waals surface area contributed by atoms with Crippen LogP contribution in [0.2, 0.25) is 0 Å². The van der Waals surface area contributed by atoms with Gasteiger partial charge in [0.15, 0.2) is 5.78 Å². The molecule has 1 heterocycles. The van der Waals surface area contributed by atoms with Gasteiger partial charge >= 0.3 is 0 Å². The van der Waals surface area contributed by atoms with E-state index in [0.29, 0.717) is 30.7 Å². The van der Waals surface area contributed by atoms with Crippen LogP contribution in [0.3, 0.4) is 0 Å². The third-order valence-corrected chi connectivity index (χ3v) is 4.94. The summed E-state index contributed by atoms with van der Waals surface area (Å²) < 4.78 is 0.734. The Bertz CT molecular complexity index is 861. The van der Waals surface area contributed by atoms with Gasteiger partial charge in [-0.15, -0.1) is 0 Å². The van der Waals surface area contributed by atoms with Crippen LogP contribution in [0.15, 0.2) is 71.8 Å². The summed E-state index contributed by atoms with van der Waals surface area (Å²) in [6.45, 7) is 1.48. The second-order valence-corrected chi connectivity index (χ2v) is 8.50. The molecule has 29 heavy (non-hydrogen) atoms. The first-order chi connectivity index (χ1) is 13.8. The van der Waals surface area contributed by atoms with Crippen LogP contribution < -0.4 is 0 Å².